The molecular weight excluding hydrogens is 195 g/mol. The Hall–Kier alpha value is -1.77. The van der Waals surface area contributed by atoms with Gasteiger partial charge in [-0.2, -0.15) is 18.4 Å². The van der Waals surface area contributed by atoms with Crippen LogP contribution in [0, 0.1) is 11.3 Å². The molecule has 0 saturated heterocycles. The van der Waals surface area contributed by atoms with Crippen molar-refractivity contribution in [3.63, 3.8) is 0 Å². The highest BCUT2D eigenvalue weighted by Gasteiger charge is 2.30. The third-order valence-corrected chi connectivity index (χ3v) is 1.44. The number of nitriles is 1. The van der Waals surface area contributed by atoms with Gasteiger partial charge >= 0.3 is 6.18 Å². The Morgan fingerprint density at radius 1 is 1.43 bits per heavy atom. The minimum Gasteiger partial charge on any atom is -0.371 e. The molecule has 0 aliphatic rings. The number of alkyl halides is 3. The maximum atomic E-state index is 12.2. The van der Waals surface area contributed by atoms with Crippen molar-refractivity contribution in [1.29, 1.82) is 5.26 Å². The van der Waals surface area contributed by atoms with Gasteiger partial charge in [0.15, 0.2) is 0 Å². The Morgan fingerprint density at radius 2 is 2.14 bits per heavy atom. The van der Waals surface area contributed by atoms with E-state index in [1.54, 1.807) is 6.07 Å². The second kappa shape index (κ2) is 3.96. The molecule has 1 N–H and O–H groups in total. The lowest BCUT2D eigenvalue weighted by molar-refractivity contribution is -0.137. The minimum atomic E-state index is -4.41. The molecule has 3 nitrogen and oxygen atoms in total. The standard InChI is InChI=1S/C8H6F3N3/c9-8(10,11)6-3-7(5-13-4-6)14-2-1-12/h3-5,14H,2H2. The Balaban J connectivity index is 2.86. The van der Waals surface area contributed by atoms with Crippen LogP contribution in [0.15, 0.2) is 18.5 Å². The lowest BCUT2D eigenvalue weighted by atomic mass is 10.2. The van der Waals surface area contributed by atoms with Gasteiger partial charge in [-0.3, -0.25) is 4.98 Å². The van der Waals surface area contributed by atoms with Gasteiger partial charge in [-0.15, -0.1) is 0 Å². The number of rotatable bonds is 2. The van der Waals surface area contributed by atoms with E-state index in [9.17, 15) is 13.2 Å². The molecule has 1 heterocycles. The molecule has 74 valence electrons. The summed E-state index contributed by atoms with van der Waals surface area (Å²) in [4.78, 5) is 3.41. The predicted molar refractivity (Wildman–Crippen MR) is 43.3 cm³/mol. The molecule has 0 aromatic carbocycles. The Bertz CT molecular complexity index is 354. The average molecular weight is 201 g/mol. The number of hydrogen-bond donors (Lipinski definition) is 1. The highest BCUT2D eigenvalue weighted by molar-refractivity contribution is 5.44. The van der Waals surface area contributed by atoms with Gasteiger partial charge in [0, 0.05) is 12.4 Å². The molecule has 0 atom stereocenters. The quantitative estimate of drug-likeness (QED) is 0.745. The highest BCUT2D eigenvalue weighted by atomic mass is 19.4. The van der Waals surface area contributed by atoms with Gasteiger partial charge in [0.05, 0.1) is 17.3 Å². The number of pyridine rings is 1. The van der Waals surface area contributed by atoms with Crippen LogP contribution in [0.2, 0.25) is 0 Å². The van der Waals surface area contributed by atoms with Gasteiger partial charge < -0.3 is 5.32 Å². The largest absolute Gasteiger partial charge is 0.417 e. The SMILES string of the molecule is N#CCNc1cncc(C(F)(F)F)c1. The van der Waals surface area contributed by atoms with Crippen LogP contribution in [0.25, 0.3) is 0 Å². The van der Waals surface area contributed by atoms with Crippen LogP contribution in [-0.4, -0.2) is 11.5 Å². The van der Waals surface area contributed by atoms with Crippen LogP contribution >= 0.6 is 0 Å². The first-order chi connectivity index (χ1) is 6.54. The van der Waals surface area contributed by atoms with Crippen molar-refractivity contribution in [2.24, 2.45) is 0 Å². The molecule has 1 rings (SSSR count). The van der Waals surface area contributed by atoms with Gasteiger partial charge in [-0.1, -0.05) is 0 Å². The van der Waals surface area contributed by atoms with E-state index < -0.39 is 11.7 Å². The first-order valence-corrected chi connectivity index (χ1v) is 3.67. The van der Waals surface area contributed by atoms with Gasteiger partial charge in [-0.05, 0) is 6.07 Å². The van der Waals surface area contributed by atoms with Crippen LogP contribution in [0.5, 0.6) is 0 Å². The molecule has 6 heteroatoms. The Labute approximate surface area is 78.2 Å². The summed E-state index contributed by atoms with van der Waals surface area (Å²) in [5.41, 5.74) is -0.651. The maximum absolute atomic E-state index is 12.2. The number of nitrogens with one attached hydrogen (secondary N) is 1. The zero-order valence-electron chi connectivity index (χ0n) is 6.97. The average Bonchev–Trinajstić information content (AvgIpc) is 2.14. The topological polar surface area (TPSA) is 48.7 Å². The molecule has 14 heavy (non-hydrogen) atoms. The van der Waals surface area contributed by atoms with Crippen LogP contribution in [0.4, 0.5) is 18.9 Å². The molecule has 0 spiro atoms. The summed E-state index contributed by atoms with van der Waals surface area (Å²) in [6.45, 7) is -0.0526. The van der Waals surface area contributed by atoms with E-state index in [2.05, 4.69) is 10.3 Å². The molecule has 0 aliphatic carbocycles. The fourth-order valence-electron chi connectivity index (χ4n) is 0.833. The molecule has 1 aromatic rings. The monoisotopic (exact) mass is 201 g/mol. The maximum Gasteiger partial charge on any atom is 0.417 e. The number of anilines is 1. The van der Waals surface area contributed by atoms with Crippen LogP contribution in [0.1, 0.15) is 5.56 Å². The Kier molecular flexibility index (Phi) is 2.92. The zero-order chi connectivity index (χ0) is 10.6. The van der Waals surface area contributed by atoms with Crippen LogP contribution in [-0.2, 0) is 6.18 Å². The number of aromatic nitrogens is 1. The summed E-state index contributed by atoms with van der Waals surface area (Å²) in [5.74, 6) is 0. The van der Waals surface area contributed by atoms with E-state index in [1.165, 1.54) is 6.20 Å². The van der Waals surface area contributed by atoms with Crippen molar-refractivity contribution in [2.45, 2.75) is 6.18 Å². The normalized spacial score (nSPS) is 10.7. The molecule has 0 unspecified atom stereocenters. The summed E-state index contributed by atoms with van der Waals surface area (Å²) in [5, 5.41) is 10.7. The molecule has 1 aromatic heterocycles. The molecule has 0 radical (unpaired) electrons. The molecule has 0 saturated carbocycles. The Morgan fingerprint density at radius 3 is 2.71 bits per heavy atom. The highest BCUT2D eigenvalue weighted by Crippen LogP contribution is 2.29. The van der Waals surface area contributed by atoms with E-state index >= 15 is 0 Å². The van der Waals surface area contributed by atoms with E-state index in [-0.39, 0.29) is 12.2 Å². The van der Waals surface area contributed by atoms with E-state index in [1.807, 2.05) is 0 Å². The van der Waals surface area contributed by atoms with E-state index in [0.29, 0.717) is 0 Å². The van der Waals surface area contributed by atoms with Crippen molar-refractivity contribution in [3.05, 3.63) is 24.0 Å². The number of halogens is 3. The van der Waals surface area contributed by atoms with Crippen molar-refractivity contribution in [2.75, 3.05) is 11.9 Å². The summed E-state index contributed by atoms with van der Waals surface area (Å²) in [6, 6.07) is 2.66. The number of hydrogen-bond acceptors (Lipinski definition) is 3. The van der Waals surface area contributed by atoms with Crippen molar-refractivity contribution >= 4 is 5.69 Å². The number of nitrogens with zero attached hydrogens (tertiary/aromatic N) is 2. The van der Waals surface area contributed by atoms with E-state index in [0.717, 1.165) is 12.3 Å². The molecule has 0 bridgehead atoms. The van der Waals surface area contributed by atoms with Crippen LogP contribution < -0.4 is 5.32 Å². The smallest absolute Gasteiger partial charge is 0.371 e. The summed E-state index contributed by atoms with van der Waals surface area (Å²) in [6.07, 6.45) is -2.44. The first-order valence-electron chi connectivity index (χ1n) is 3.67. The fraction of sp³-hybridized carbons (Fsp3) is 0.250. The molecular formula is C8H6F3N3. The summed E-state index contributed by atoms with van der Waals surface area (Å²) >= 11 is 0. The van der Waals surface area contributed by atoms with Crippen molar-refractivity contribution < 1.29 is 13.2 Å². The van der Waals surface area contributed by atoms with E-state index in [4.69, 9.17) is 5.26 Å². The third kappa shape index (κ3) is 2.62. The van der Waals surface area contributed by atoms with Crippen molar-refractivity contribution in [3.8, 4) is 6.07 Å². The second-order valence-electron chi connectivity index (χ2n) is 2.47. The van der Waals surface area contributed by atoms with Crippen molar-refractivity contribution in [1.82, 2.24) is 4.98 Å². The summed E-state index contributed by atoms with van der Waals surface area (Å²) in [7, 11) is 0. The third-order valence-electron chi connectivity index (χ3n) is 1.44. The molecule has 0 aliphatic heterocycles. The fourth-order valence-corrected chi connectivity index (χ4v) is 0.833. The molecule has 0 amide bonds. The molecule has 0 fully saturated rings. The predicted octanol–water partition coefficient (Wildman–Crippen LogP) is 2.04. The van der Waals surface area contributed by atoms with Gasteiger partial charge in [0.25, 0.3) is 0 Å². The van der Waals surface area contributed by atoms with Crippen LogP contribution in [0.3, 0.4) is 0 Å². The second-order valence-corrected chi connectivity index (χ2v) is 2.47. The lowest BCUT2D eigenvalue weighted by Crippen LogP contribution is -2.07. The van der Waals surface area contributed by atoms with Gasteiger partial charge in [0.1, 0.15) is 6.54 Å². The summed E-state index contributed by atoms with van der Waals surface area (Å²) < 4.78 is 36.5. The van der Waals surface area contributed by atoms with Gasteiger partial charge in [0.2, 0.25) is 0 Å². The first kappa shape index (κ1) is 10.3. The zero-order valence-corrected chi connectivity index (χ0v) is 6.97. The van der Waals surface area contributed by atoms with Gasteiger partial charge in [-0.25, -0.2) is 0 Å². The minimum absolute atomic E-state index is 0.0526. The lowest BCUT2D eigenvalue weighted by Gasteiger charge is -2.07.